The second kappa shape index (κ2) is 8.85. The van der Waals surface area contributed by atoms with Crippen LogP contribution in [0.2, 0.25) is 5.02 Å². The highest BCUT2D eigenvalue weighted by atomic mass is 35.5. The van der Waals surface area contributed by atoms with Crippen LogP contribution in [0.1, 0.15) is 12.8 Å². The maximum atomic E-state index is 13.7. The summed E-state index contributed by atoms with van der Waals surface area (Å²) in [5.74, 6) is 0.853. The predicted molar refractivity (Wildman–Crippen MR) is 116 cm³/mol. The molecule has 0 bridgehead atoms. The number of ether oxygens (including phenoxy) is 1. The van der Waals surface area contributed by atoms with Crippen LogP contribution in [0.4, 0.5) is 4.39 Å². The third kappa shape index (κ3) is 4.27. The Morgan fingerprint density at radius 2 is 2.03 bits per heavy atom. The Kier molecular flexibility index (Phi) is 6.19. The summed E-state index contributed by atoms with van der Waals surface area (Å²) in [6, 6.07) is 12.0. The van der Waals surface area contributed by atoms with Gasteiger partial charge in [-0.05, 0) is 67.5 Å². The van der Waals surface area contributed by atoms with Crippen LogP contribution in [-0.2, 0) is 6.67 Å². The van der Waals surface area contributed by atoms with Crippen molar-refractivity contribution in [3.05, 3.63) is 58.1 Å². The minimum atomic E-state index is -0.493. The molecule has 9 heteroatoms. The Morgan fingerprint density at radius 1 is 1.27 bits per heavy atom. The number of methoxy groups -OCH3 is 1. The van der Waals surface area contributed by atoms with E-state index in [9.17, 15) is 9.50 Å². The number of β-amino-alcohol motifs (C(OH)–C–C–N with tert-alkyl or cyclic N) is 1. The predicted octanol–water partition coefficient (Wildman–Crippen LogP) is 4.29. The van der Waals surface area contributed by atoms with Crippen LogP contribution in [0.5, 0.6) is 5.75 Å². The molecule has 0 amide bonds. The Balaban J connectivity index is 1.79. The van der Waals surface area contributed by atoms with Crippen molar-refractivity contribution in [3.63, 3.8) is 0 Å². The molecule has 1 fully saturated rings. The summed E-state index contributed by atoms with van der Waals surface area (Å²) >= 11 is 11.8. The van der Waals surface area contributed by atoms with Gasteiger partial charge in [0.15, 0.2) is 5.82 Å². The van der Waals surface area contributed by atoms with Gasteiger partial charge in [-0.2, -0.15) is 0 Å². The van der Waals surface area contributed by atoms with Gasteiger partial charge in [-0.25, -0.2) is 9.07 Å². The topological polar surface area (TPSA) is 55.4 Å². The van der Waals surface area contributed by atoms with Crippen LogP contribution in [0, 0.1) is 10.6 Å². The molecule has 0 aliphatic carbocycles. The second-order valence-electron chi connectivity index (χ2n) is 7.28. The third-order valence-electron chi connectivity index (χ3n) is 5.16. The lowest BCUT2D eigenvalue weighted by Gasteiger charge is -2.29. The van der Waals surface area contributed by atoms with E-state index in [0.717, 1.165) is 30.7 Å². The van der Waals surface area contributed by atoms with Crippen LogP contribution < -0.4 is 4.74 Å². The molecule has 1 unspecified atom stereocenters. The van der Waals surface area contributed by atoms with Gasteiger partial charge in [0, 0.05) is 18.7 Å². The molecule has 3 aromatic rings. The fourth-order valence-corrected chi connectivity index (χ4v) is 4.10. The quantitative estimate of drug-likeness (QED) is 0.590. The molecule has 1 aromatic heterocycles. The molecule has 1 aliphatic heterocycles. The summed E-state index contributed by atoms with van der Waals surface area (Å²) in [6.45, 7) is 1.90. The first kappa shape index (κ1) is 21.0. The standard InChI is InChI=1S/C21H22ClFN4O2S/c1-29-17-7-4-14(5-8-17)20-24-26(13-25-10-2-3-16(28)12-25)21(30)27(20)15-6-9-19(23)18(22)11-15/h4-9,11,16,28H,2-3,10,12-13H2,1H3. The first-order chi connectivity index (χ1) is 14.5. The number of halogens is 2. The van der Waals surface area contributed by atoms with Gasteiger partial charge in [0.25, 0.3) is 0 Å². The number of aliphatic hydroxyl groups is 1. The van der Waals surface area contributed by atoms with Gasteiger partial charge < -0.3 is 9.84 Å². The number of piperidine rings is 1. The number of benzene rings is 2. The average Bonchev–Trinajstić information content (AvgIpc) is 3.06. The van der Waals surface area contributed by atoms with Crippen molar-refractivity contribution in [2.75, 3.05) is 20.2 Å². The third-order valence-corrected chi connectivity index (χ3v) is 5.85. The highest BCUT2D eigenvalue weighted by Gasteiger charge is 2.21. The lowest BCUT2D eigenvalue weighted by Crippen LogP contribution is -2.39. The molecule has 1 atom stereocenters. The average molecular weight is 449 g/mol. The summed E-state index contributed by atoms with van der Waals surface area (Å²) in [7, 11) is 1.61. The lowest BCUT2D eigenvalue weighted by molar-refractivity contribution is 0.0513. The molecular weight excluding hydrogens is 427 g/mol. The van der Waals surface area contributed by atoms with Crippen molar-refractivity contribution < 1.29 is 14.2 Å². The minimum absolute atomic E-state index is 0.0157. The molecule has 2 heterocycles. The number of aliphatic hydroxyl groups excluding tert-OH is 1. The van der Waals surface area contributed by atoms with Crippen molar-refractivity contribution in [3.8, 4) is 22.8 Å². The van der Waals surface area contributed by atoms with Gasteiger partial charge >= 0.3 is 0 Å². The maximum absolute atomic E-state index is 13.7. The van der Waals surface area contributed by atoms with Crippen LogP contribution in [0.3, 0.4) is 0 Å². The number of aromatic nitrogens is 3. The molecular formula is C21H22ClFN4O2S. The van der Waals surface area contributed by atoms with Crippen molar-refractivity contribution in [1.29, 1.82) is 0 Å². The zero-order chi connectivity index (χ0) is 21.3. The normalized spacial score (nSPS) is 17.3. The van der Waals surface area contributed by atoms with Crippen LogP contribution in [0.15, 0.2) is 42.5 Å². The van der Waals surface area contributed by atoms with Crippen molar-refractivity contribution in [2.24, 2.45) is 0 Å². The van der Waals surface area contributed by atoms with Crippen molar-refractivity contribution in [1.82, 2.24) is 19.2 Å². The molecule has 0 radical (unpaired) electrons. The van der Waals surface area contributed by atoms with Gasteiger partial charge in [-0.3, -0.25) is 9.47 Å². The van der Waals surface area contributed by atoms with Crippen molar-refractivity contribution >= 4 is 23.8 Å². The minimum Gasteiger partial charge on any atom is -0.497 e. The monoisotopic (exact) mass is 448 g/mol. The molecule has 1 N–H and O–H groups in total. The zero-order valence-electron chi connectivity index (χ0n) is 16.5. The Morgan fingerprint density at radius 3 is 2.70 bits per heavy atom. The number of hydrogen-bond donors (Lipinski definition) is 1. The molecule has 1 saturated heterocycles. The molecule has 158 valence electrons. The SMILES string of the molecule is COc1ccc(-c2nn(CN3CCCC(O)C3)c(=S)n2-c2ccc(F)c(Cl)c2)cc1. The van der Waals surface area contributed by atoms with Gasteiger partial charge in [-0.1, -0.05) is 11.6 Å². The van der Waals surface area contributed by atoms with Crippen LogP contribution in [0.25, 0.3) is 17.1 Å². The molecule has 2 aromatic carbocycles. The van der Waals surface area contributed by atoms with Crippen LogP contribution in [-0.4, -0.2) is 50.7 Å². The molecule has 0 saturated carbocycles. The lowest BCUT2D eigenvalue weighted by atomic mass is 10.1. The van der Waals surface area contributed by atoms with E-state index in [1.54, 1.807) is 22.4 Å². The van der Waals surface area contributed by atoms with E-state index in [-0.39, 0.29) is 11.1 Å². The van der Waals surface area contributed by atoms with E-state index in [2.05, 4.69) is 4.90 Å². The van der Waals surface area contributed by atoms with Gasteiger partial charge in [0.05, 0.1) is 30.6 Å². The number of hydrogen-bond acceptors (Lipinski definition) is 5. The zero-order valence-corrected chi connectivity index (χ0v) is 18.0. The van der Waals surface area contributed by atoms with Crippen LogP contribution >= 0.6 is 23.8 Å². The smallest absolute Gasteiger partial charge is 0.204 e. The summed E-state index contributed by atoms with van der Waals surface area (Å²) in [5, 5.41) is 14.8. The van der Waals surface area contributed by atoms with E-state index in [1.165, 1.54) is 12.1 Å². The summed E-state index contributed by atoms with van der Waals surface area (Å²) in [6.07, 6.45) is 1.39. The highest BCUT2D eigenvalue weighted by molar-refractivity contribution is 7.71. The van der Waals surface area contributed by atoms with Gasteiger partial charge in [0.1, 0.15) is 11.6 Å². The summed E-state index contributed by atoms with van der Waals surface area (Å²) < 4.78 is 23.0. The Bertz CT molecular complexity index is 1100. The van der Waals surface area contributed by atoms with E-state index >= 15 is 0 Å². The van der Waals surface area contributed by atoms with Gasteiger partial charge in [-0.15, -0.1) is 5.10 Å². The number of nitrogens with zero attached hydrogens (tertiary/aromatic N) is 4. The molecule has 30 heavy (non-hydrogen) atoms. The Hall–Kier alpha value is -2.26. The Labute approximate surface area is 184 Å². The summed E-state index contributed by atoms with van der Waals surface area (Å²) in [5.41, 5.74) is 1.46. The molecule has 4 rings (SSSR count). The largest absolute Gasteiger partial charge is 0.497 e. The van der Waals surface area contributed by atoms with E-state index in [0.29, 0.717) is 29.5 Å². The first-order valence-corrected chi connectivity index (χ1v) is 10.4. The number of rotatable bonds is 5. The maximum Gasteiger partial charge on any atom is 0.204 e. The van der Waals surface area contributed by atoms with E-state index < -0.39 is 5.82 Å². The van der Waals surface area contributed by atoms with E-state index in [4.69, 9.17) is 33.7 Å². The summed E-state index contributed by atoms with van der Waals surface area (Å²) in [4.78, 5) is 2.12. The fraction of sp³-hybridized carbons (Fsp3) is 0.333. The second-order valence-corrected chi connectivity index (χ2v) is 8.05. The first-order valence-electron chi connectivity index (χ1n) is 9.66. The van der Waals surface area contributed by atoms with E-state index in [1.807, 2.05) is 24.3 Å². The number of likely N-dealkylation sites (tertiary alicyclic amines) is 1. The molecule has 0 spiro atoms. The highest BCUT2D eigenvalue weighted by Crippen LogP contribution is 2.27. The molecule has 6 nitrogen and oxygen atoms in total. The fourth-order valence-electron chi connectivity index (χ4n) is 3.63. The van der Waals surface area contributed by atoms with Gasteiger partial charge in [0.2, 0.25) is 4.77 Å². The molecule has 1 aliphatic rings. The van der Waals surface area contributed by atoms with Crippen molar-refractivity contribution in [2.45, 2.75) is 25.6 Å².